The molecule has 442 valence electrons. The van der Waals surface area contributed by atoms with Crippen LogP contribution in [0.1, 0.15) is 132 Å². The van der Waals surface area contributed by atoms with Gasteiger partial charge in [0, 0.05) is 17.4 Å². The Bertz CT molecular complexity index is 4440. The van der Waals surface area contributed by atoms with Crippen molar-refractivity contribution in [1.82, 2.24) is 14.1 Å². The molecule has 0 spiro atoms. The van der Waals surface area contributed by atoms with E-state index in [0.717, 1.165) is 88.3 Å². The topological polar surface area (TPSA) is 38.5 Å². The van der Waals surface area contributed by atoms with Gasteiger partial charge in [0.2, 0.25) is 0 Å². The fourth-order valence-corrected chi connectivity index (χ4v) is 12.9. The molecule has 11 aromatic rings. The number of aromatic nitrogens is 3. The molecule has 0 unspecified atom stereocenters. The van der Waals surface area contributed by atoms with E-state index in [1.54, 1.807) is 0 Å². The maximum atomic E-state index is 7.16. The van der Waals surface area contributed by atoms with Crippen LogP contribution in [0.3, 0.4) is 0 Å². The molecule has 1 aliphatic heterocycles. The predicted octanol–water partition coefficient (Wildman–Crippen LogP) is 22.0. The summed E-state index contributed by atoms with van der Waals surface area (Å²) in [6, 6.07) is 80.9. The Morgan fingerprint density at radius 1 is 0.368 bits per heavy atom. The monoisotopic (exact) mass is 1320 g/mol. The molecule has 9 aromatic carbocycles. The average molecular weight is 1320 g/mol. The third kappa shape index (κ3) is 11.5. The first-order chi connectivity index (χ1) is 41.2. The normalized spacial score (nSPS) is 13.0. The molecule has 12 rings (SSSR count). The van der Waals surface area contributed by atoms with Gasteiger partial charge in [-0.05, 0) is 63.3 Å². The van der Waals surface area contributed by atoms with Crippen LogP contribution in [0, 0.1) is 15.9 Å². The van der Waals surface area contributed by atoms with Crippen molar-refractivity contribution in [2.45, 2.75) is 131 Å². The van der Waals surface area contributed by atoms with E-state index in [0.29, 0.717) is 11.5 Å². The van der Waals surface area contributed by atoms with Crippen molar-refractivity contribution >= 4 is 45.3 Å². The Kier molecular flexibility index (Phi) is 15.0. The molecule has 87 heavy (non-hydrogen) atoms. The first kappa shape index (κ1) is 59.0. The van der Waals surface area contributed by atoms with Crippen molar-refractivity contribution in [3.63, 3.8) is 0 Å². The Morgan fingerprint density at radius 3 is 1.53 bits per heavy atom. The van der Waals surface area contributed by atoms with E-state index >= 15 is 0 Å². The molecule has 0 saturated carbocycles. The summed E-state index contributed by atoms with van der Waals surface area (Å²) in [6.45, 7) is 34.4. The number of ether oxygens (including phenoxy) is 1. The summed E-state index contributed by atoms with van der Waals surface area (Å²) in [7, 11) is 0. The summed E-state index contributed by atoms with van der Waals surface area (Å²) < 4.78 is 12.9. The predicted molar refractivity (Wildman–Crippen MR) is 361 cm³/mol. The van der Waals surface area contributed by atoms with Gasteiger partial charge in [-0.15, -0.1) is 0 Å². The van der Waals surface area contributed by atoms with Crippen LogP contribution < -0.4 is 14.5 Å². The Balaban J connectivity index is 1.09. The molecule has 6 nitrogen and oxygen atoms in total. The zero-order chi connectivity index (χ0) is 61.5. The van der Waals surface area contributed by atoms with Gasteiger partial charge in [0.15, 0.2) is 0 Å². The molecule has 0 bridgehead atoms. The maximum absolute atomic E-state index is 7.16. The number of hydrogen-bond donors (Lipinski definition) is 0. The quantitative estimate of drug-likeness (QED) is 0.149. The molecule has 7 heteroatoms. The van der Waals surface area contributed by atoms with Crippen LogP contribution in [0.4, 0.5) is 34.3 Å². The molecule has 0 atom stereocenters. The van der Waals surface area contributed by atoms with Gasteiger partial charge in [-0.3, -0.25) is 0 Å². The molecule has 0 N–H and O–H groups in total. The molecule has 0 amide bonds. The minimum absolute atomic E-state index is 0.0727. The first-order valence-corrected chi connectivity index (χ1v) is 31.6. The van der Waals surface area contributed by atoms with Crippen LogP contribution in [0.25, 0.3) is 55.8 Å². The summed E-state index contributed by atoms with van der Waals surface area (Å²) in [6.07, 6.45) is 1.95. The number of para-hydroxylation sites is 2. The number of rotatable bonds is 7. The van der Waals surface area contributed by atoms with Crippen molar-refractivity contribution < 1.29 is 24.1 Å². The molecule has 3 heterocycles. The zero-order valence-electron chi connectivity index (χ0n) is 53.1. The SMILES string of the molecule is CC(C)(C)c1cc(-n2[c](=[Pt])n(-c3[c-]c(Oc4[c-]c5c(cc4)-c4ccc(C(C)(C)C)cc4N(c4ccccc4)c4cc(C(C)(C)C)ccc4-c4ccccc4N5c4cc(C(C)(C)C)ccn4)ccc3)c3ccc(-c4ccccc4)cc32)cc(C(C)(C)C)c1. The minimum atomic E-state index is -0.160. The fourth-order valence-electron chi connectivity index (χ4n) is 11.8. The number of benzene rings is 9. The van der Waals surface area contributed by atoms with Crippen molar-refractivity contribution in [2.75, 3.05) is 9.80 Å². The van der Waals surface area contributed by atoms with Crippen LogP contribution in [-0.2, 0) is 46.4 Å². The van der Waals surface area contributed by atoms with Crippen molar-refractivity contribution in [3.8, 4) is 56.3 Å². The standard InChI is InChI=1S/C80H79N5O.Pt/c1-76(2,3)55-34-37-66-65-31-22-23-32-69(65)85(75-49-57(41-42-81-75)78(7,8)9)73-51-64(36-39-68(73)67-38-35-56(77(4,5)6)48-72(67)84(71(66)47-55)60-27-20-17-21-28-60)86-63-30-24-29-61(50-63)82-52-83(62-45-58(79(10,11)12)44-59(46-62)80(13,14)15)74-43-54(33-40-70(74)82)53-25-18-16-19-26-53;/h16-49H,1-15H3;/q-2;. The van der Waals surface area contributed by atoms with Crippen molar-refractivity contribution in [2.24, 2.45) is 0 Å². The second kappa shape index (κ2) is 22.1. The number of anilines is 6. The van der Waals surface area contributed by atoms with Crippen LogP contribution in [0.15, 0.2) is 206 Å². The summed E-state index contributed by atoms with van der Waals surface area (Å²) in [4.78, 5) is 10.1. The van der Waals surface area contributed by atoms with Crippen LogP contribution in [-0.4, -0.2) is 14.1 Å². The van der Waals surface area contributed by atoms with E-state index in [1.165, 1.54) is 33.4 Å². The molecule has 1 aliphatic rings. The van der Waals surface area contributed by atoms with Gasteiger partial charge in [-0.2, -0.15) is 0 Å². The van der Waals surface area contributed by atoms with E-state index in [-0.39, 0.29) is 27.1 Å². The number of fused-ring (bicyclic) bond motifs is 7. The number of hydrogen-bond acceptors (Lipinski definition) is 4. The second-order valence-corrected chi connectivity index (χ2v) is 29.5. The van der Waals surface area contributed by atoms with Crippen LogP contribution in [0.2, 0.25) is 0 Å². The zero-order valence-corrected chi connectivity index (χ0v) is 55.4. The average Bonchev–Trinajstić information content (AvgIpc) is 1.93. The molecule has 0 fully saturated rings. The number of imidazole rings is 1. The summed E-state index contributed by atoms with van der Waals surface area (Å²) in [5, 5.41) is 0. The van der Waals surface area contributed by atoms with Crippen molar-refractivity contribution in [3.05, 3.63) is 250 Å². The molecular formula is C80H79N5OPt-2. The van der Waals surface area contributed by atoms with Crippen LogP contribution >= 0.6 is 0 Å². The first-order valence-electron chi connectivity index (χ1n) is 30.4. The fraction of sp³-hybridized carbons (Fsp3) is 0.250. The summed E-state index contributed by atoms with van der Waals surface area (Å²) in [5.41, 5.74) is 21.2. The van der Waals surface area contributed by atoms with Gasteiger partial charge in [0.05, 0.1) is 5.69 Å². The van der Waals surface area contributed by atoms with Gasteiger partial charge in [0.1, 0.15) is 0 Å². The summed E-state index contributed by atoms with van der Waals surface area (Å²) >= 11 is 2.52. The molecule has 0 aliphatic carbocycles. The number of nitrogens with zero attached hydrogens (tertiary/aromatic N) is 5. The second-order valence-electron chi connectivity index (χ2n) is 28.5. The Morgan fingerprint density at radius 2 is 0.908 bits per heavy atom. The van der Waals surface area contributed by atoms with Gasteiger partial charge in [0.25, 0.3) is 0 Å². The Labute approximate surface area is 527 Å². The Hall–Kier alpha value is -8.31. The van der Waals surface area contributed by atoms with E-state index in [2.05, 4.69) is 348 Å². The summed E-state index contributed by atoms with van der Waals surface area (Å²) in [5.74, 6) is 1.88. The van der Waals surface area contributed by atoms with Gasteiger partial charge >= 0.3 is 322 Å². The van der Waals surface area contributed by atoms with Crippen molar-refractivity contribution in [1.29, 1.82) is 0 Å². The van der Waals surface area contributed by atoms with E-state index in [9.17, 15) is 0 Å². The van der Waals surface area contributed by atoms with Gasteiger partial charge in [-0.25, -0.2) is 0 Å². The van der Waals surface area contributed by atoms with Gasteiger partial charge in [-0.1, -0.05) is 117 Å². The van der Waals surface area contributed by atoms with E-state index in [1.807, 2.05) is 12.3 Å². The molecule has 0 radical (unpaired) electrons. The molecule has 0 saturated heterocycles. The van der Waals surface area contributed by atoms with E-state index in [4.69, 9.17) is 9.72 Å². The molecule has 2 aromatic heterocycles. The number of pyridine rings is 1. The van der Waals surface area contributed by atoms with Crippen LogP contribution in [0.5, 0.6) is 11.5 Å². The molecular weight excluding hydrogens is 1240 g/mol. The van der Waals surface area contributed by atoms with E-state index < -0.39 is 0 Å². The third-order valence-electron chi connectivity index (χ3n) is 16.9. The van der Waals surface area contributed by atoms with Gasteiger partial charge < -0.3 is 4.90 Å². The third-order valence-corrected chi connectivity index (χ3v) is 18.0.